The lowest BCUT2D eigenvalue weighted by Gasteiger charge is -2.22. The van der Waals surface area contributed by atoms with Gasteiger partial charge in [0.1, 0.15) is 5.15 Å². The predicted octanol–water partition coefficient (Wildman–Crippen LogP) is 1.99. The standard InChI is InChI=1S/C12H15ClN2O2/c1-9-8-15(6-3-7-17-9)12(16)10-4-2-5-14-11(10)13/h2,4-5,9H,3,6-8H2,1H3. The zero-order valence-corrected chi connectivity index (χ0v) is 10.5. The largest absolute Gasteiger partial charge is 0.377 e. The number of aromatic nitrogens is 1. The minimum Gasteiger partial charge on any atom is -0.377 e. The smallest absolute Gasteiger partial charge is 0.257 e. The number of hydrogen-bond acceptors (Lipinski definition) is 3. The van der Waals surface area contributed by atoms with Gasteiger partial charge in [-0.15, -0.1) is 0 Å². The molecule has 1 unspecified atom stereocenters. The molecule has 4 nitrogen and oxygen atoms in total. The highest BCUT2D eigenvalue weighted by Gasteiger charge is 2.22. The molecule has 1 aromatic heterocycles. The molecule has 0 aromatic carbocycles. The van der Waals surface area contributed by atoms with Crippen LogP contribution in [0.15, 0.2) is 18.3 Å². The number of nitrogens with zero attached hydrogens (tertiary/aromatic N) is 2. The average molecular weight is 255 g/mol. The summed E-state index contributed by atoms with van der Waals surface area (Å²) in [6.07, 6.45) is 2.50. The van der Waals surface area contributed by atoms with E-state index in [0.29, 0.717) is 25.3 Å². The van der Waals surface area contributed by atoms with Gasteiger partial charge in [0.15, 0.2) is 0 Å². The topological polar surface area (TPSA) is 42.4 Å². The van der Waals surface area contributed by atoms with Crippen LogP contribution in [0.3, 0.4) is 0 Å². The molecule has 1 aliphatic heterocycles. The van der Waals surface area contributed by atoms with Gasteiger partial charge < -0.3 is 9.64 Å². The SMILES string of the molecule is CC1CN(C(=O)c2cccnc2Cl)CCCO1. The fourth-order valence-electron chi connectivity index (χ4n) is 1.89. The summed E-state index contributed by atoms with van der Waals surface area (Å²) in [6, 6.07) is 3.42. The molecule has 17 heavy (non-hydrogen) atoms. The van der Waals surface area contributed by atoms with Crippen molar-refractivity contribution in [2.45, 2.75) is 19.4 Å². The molecule has 2 heterocycles. The summed E-state index contributed by atoms with van der Waals surface area (Å²) in [5.74, 6) is -0.0690. The summed E-state index contributed by atoms with van der Waals surface area (Å²) < 4.78 is 5.51. The van der Waals surface area contributed by atoms with Crippen LogP contribution in [0.25, 0.3) is 0 Å². The van der Waals surface area contributed by atoms with E-state index in [1.165, 1.54) is 0 Å². The van der Waals surface area contributed by atoms with E-state index in [1.54, 1.807) is 23.2 Å². The summed E-state index contributed by atoms with van der Waals surface area (Å²) in [7, 11) is 0. The molecule has 1 saturated heterocycles. The van der Waals surface area contributed by atoms with Crippen molar-refractivity contribution in [1.29, 1.82) is 0 Å². The van der Waals surface area contributed by atoms with Crippen LogP contribution in [0.1, 0.15) is 23.7 Å². The molecule has 0 bridgehead atoms. The highest BCUT2D eigenvalue weighted by Crippen LogP contribution is 2.16. The first-order valence-corrected chi connectivity index (χ1v) is 6.07. The van der Waals surface area contributed by atoms with E-state index >= 15 is 0 Å². The molecule has 0 spiro atoms. The van der Waals surface area contributed by atoms with Gasteiger partial charge in [0.25, 0.3) is 5.91 Å². The van der Waals surface area contributed by atoms with Crippen molar-refractivity contribution in [2.75, 3.05) is 19.7 Å². The highest BCUT2D eigenvalue weighted by atomic mass is 35.5. The second-order valence-corrected chi connectivity index (χ2v) is 4.49. The maximum atomic E-state index is 12.3. The Morgan fingerprint density at radius 2 is 2.47 bits per heavy atom. The molecule has 1 aliphatic rings. The van der Waals surface area contributed by atoms with Gasteiger partial charge in [0, 0.05) is 25.9 Å². The molecule has 1 fully saturated rings. The fraction of sp³-hybridized carbons (Fsp3) is 0.500. The van der Waals surface area contributed by atoms with Crippen LogP contribution in [-0.2, 0) is 4.74 Å². The number of hydrogen-bond donors (Lipinski definition) is 0. The van der Waals surface area contributed by atoms with E-state index in [4.69, 9.17) is 16.3 Å². The first-order valence-electron chi connectivity index (χ1n) is 5.70. The second-order valence-electron chi connectivity index (χ2n) is 4.13. The Hall–Kier alpha value is -1.13. The predicted molar refractivity (Wildman–Crippen MR) is 65.2 cm³/mol. The monoisotopic (exact) mass is 254 g/mol. The molecule has 0 radical (unpaired) electrons. The lowest BCUT2D eigenvalue weighted by atomic mass is 10.2. The maximum absolute atomic E-state index is 12.3. The van der Waals surface area contributed by atoms with Crippen LogP contribution in [0.5, 0.6) is 0 Å². The number of amides is 1. The van der Waals surface area contributed by atoms with E-state index in [9.17, 15) is 4.79 Å². The van der Waals surface area contributed by atoms with Crippen molar-refractivity contribution in [2.24, 2.45) is 0 Å². The van der Waals surface area contributed by atoms with Crippen LogP contribution in [-0.4, -0.2) is 41.6 Å². The van der Waals surface area contributed by atoms with E-state index in [2.05, 4.69) is 4.98 Å². The van der Waals surface area contributed by atoms with Crippen molar-refractivity contribution in [1.82, 2.24) is 9.88 Å². The molecular weight excluding hydrogens is 240 g/mol. The lowest BCUT2D eigenvalue weighted by Crippen LogP contribution is -2.36. The lowest BCUT2D eigenvalue weighted by molar-refractivity contribution is 0.0562. The molecule has 1 amide bonds. The van der Waals surface area contributed by atoms with Crippen molar-refractivity contribution < 1.29 is 9.53 Å². The van der Waals surface area contributed by atoms with Gasteiger partial charge in [-0.3, -0.25) is 4.79 Å². The minimum atomic E-state index is -0.0690. The zero-order valence-electron chi connectivity index (χ0n) is 9.73. The van der Waals surface area contributed by atoms with Gasteiger partial charge in [-0.1, -0.05) is 11.6 Å². The number of carbonyl (C=O) groups excluding carboxylic acids is 1. The van der Waals surface area contributed by atoms with E-state index in [1.807, 2.05) is 6.92 Å². The maximum Gasteiger partial charge on any atom is 0.257 e. The van der Waals surface area contributed by atoms with Gasteiger partial charge in [0.2, 0.25) is 0 Å². The molecular formula is C12H15ClN2O2. The molecule has 0 N–H and O–H groups in total. The third-order valence-electron chi connectivity index (χ3n) is 2.73. The summed E-state index contributed by atoms with van der Waals surface area (Å²) in [5.41, 5.74) is 0.461. The Bertz CT molecular complexity index is 411. The number of carbonyl (C=O) groups is 1. The van der Waals surface area contributed by atoms with Crippen molar-refractivity contribution in [3.8, 4) is 0 Å². The molecule has 1 atom stereocenters. The van der Waals surface area contributed by atoms with Crippen molar-refractivity contribution in [3.63, 3.8) is 0 Å². The normalized spacial score (nSPS) is 21.1. The summed E-state index contributed by atoms with van der Waals surface area (Å²) in [5, 5.41) is 0.260. The summed E-state index contributed by atoms with van der Waals surface area (Å²) in [6.45, 7) is 3.97. The Balaban J connectivity index is 2.16. The van der Waals surface area contributed by atoms with Crippen LogP contribution in [0.4, 0.5) is 0 Å². The van der Waals surface area contributed by atoms with Crippen molar-refractivity contribution >= 4 is 17.5 Å². The first kappa shape index (κ1) is 12.3. The Labute approximate surface area is 106 Å². The summed E-state index contributed by atoms with van der Waals surface area (Å²) in [4.78, 5) is 18.0. The van der Waals surface area contributed by atoms with Crippen LogP contribution in [0, 0.1) is 0 Å². The molecule has 5 heteroatoms. The van der Waals surface area contributed by atoms with Crippen molar-refractivity contribution in [3.05, 3.63) is 29.0 Å². The first-order chi connectivity index (χ1) is 8.18. The Kier molecular flexibility index (Phi) is 3.97. The number of halogens is 1. The second kappa shape index (κ2) is 5.47. The van der Waals surface area contributed by atoms with E-state index in [-0.39, 0.29) is 17.2 Å². The van der Waals surface area contributed by atoms with Crippen LogP contribution < -0.4 is 0 Å². The van der Waals surface area contributed by atoms with Gasteiger partial charge >= 0.3 is 0 Å². The molecule has 1 aromatic rings. The van der Waals surface area contributed by atoms with Crippen LogP contribution in [0.2, 0.25) is 5.15 Å². The summed E-state index contributed by atoms with van der Waals surface area (Å²) >= 11 is 5.93. The number of rotatable bonds is 1. The fourth-order valence-corrected chi connectivity index (χ4v) is 2.09. The van der Waals surface area contributed by atoms with Gasteiger partial charge in [0.05, 0.1) is 11.7 Å². The highest BCUT2D eigenvalue weighted by molar-refractivity contribution is 6.32. The average Bonchev–Trinajstić information content (AvgIpc) is 2.54. The van der Waals surface area contributed by atoms with Gasteiger partial charge in [-0.25, -0.2) is 4.98 Å². The minimum absolute atomic E-state index is 0.0666. The van der Waals surface area contributed by atoms with E-state index < -0.39 is 0 Å². The third kappa shape index (κ3) is 2.96. The molecule has 2 rings (SSSR count). The van der Waals surface area contributed by atoms with E-state index in [0.717, 1.165) is 6.42 Å². The number of ether oxygens (including phenoxy) is 1. The quantitative estimate of drug-likeness (QED) is 0.720. The molecule has 0 aliphatic carbocycles. The third-order valence-corrected chi connectivity index (χ3v) is 3.03. The molecule has 92 valence electrons. The zero-order chi connectivity index (χ0) is 12.3. The van der Waals surface area contributed by atoms with Gasteiger partial charge in [-0.05, 0) is 25.5 Å². The Morgan fingerprint density at radius 1 is 1.65 bits per heavy atom. The number of pyridine rings is 1. The Morgan fingerprint density at radius 3 is 3.24 bits per heavy atom. The van der Waals surface area contributed by atoms with Crippen LogP contribution >= 0.6 is 11.6 Å². The molecule has 0 saturated carbocycles. The van der Waals surface area contributed by atoms with Gasteiger partial charge in [-0.2, -0.15) is 0 Å².